The third-order valence-corrected chi connectivity index (χ3v) is 8.91. The maximum Gasteiger partial charge on any atom is 0.340 e. The van der Waals surface area contributed by atoms with Gasteiger partial charge in [0, 0.05) is 61.2 Å². The summed E-state index contributed by atoms with van der Waals surface area (Å²) in [5, 5.41) is 23.7. The molecule has 3 N–H and O–H groups in total. The summed E-state index contributed by atoms with van der Waals surface area (Å²) < 4.78 is 17.0. The second-order valence-corrected chi connectivity index (χ2v) is 11.3. The number of rotatable bonds is 6. The summed E-state index contributed by atoms with van der Waals surface area (Å²) in [6, 6.07) is 5.87. The van der Waals surface area contributed by atoms with E-state index in [9.17, 15) is 34.2 Å². The normalized spacial score (nSPS) is 31.9. The van der Waals surface area contributed by atoms with Crippen LogP contribution in [0.2, 0.25) is 0 Å². The number of aliphatic hydroxyl groups excluding tert-OH is 1. The summed E-state index contributed by atoms with van der Waals surface area (Å²) in [5.74, 6) is -4.56. The fraction of sp³-hybridized carbons (Fsp3) is 0.433. The number of Topliss-reactive ketones (excluding diaryl/α,β-unsaturated/α-hetero) is 2. The number of anilines is 1. The van der Waals surface area contributed by atoms with Crippen molar-refractivity contribution in [1.82, 2.24) is 0 Å². The molecule has 1 saturated carbocycles. The molecule has 0 bridgehead atoms. The van der Waals surface area contributed by atoms with Crippen LogP contribution >= 0.6 is 0 Å². The number of carboxylic acid groups (broad SMARTS) is 1. The van der Waals surface area contributed by atoms with Crippen LogP contribution in [0.1, 0.15) is 50.4 Å². The van der Waals surface area contributed by atoms with Crippen LogP contribution in [0.25, 0.3) is 0 Å². The second kappa shape index (κ2) is 9.99. The highest BCUT2D eigenvalue weighted by Crippen LogP contribution is 2.62. The molecule has 1 saturated heterocycles. The van der Waals surface area contributed by atoms with E-state index in [0.29, 0.717) is 17.7 Å². The summed E-state index contributed by atoms with van der Waals surface area (Å²) >= 11 is 0. The molecule has 1 aliphatic heterocycles. The molecule has 3 aliphatic carbocycles. The Morgan fingerprint density at radius 2 is 1.95 bits per heavy atom. The molecule has 41 heavy (non-hydrogen) atoms. The predicted octanol–water partition coefficient (Wildman–Crippen LogP) is 3.27. The third-order valence-electron chi connectivity index (χ3n) is 8.91. The predicted molar refractivity (Wildman–Crippen MR) is 143 cm³/mol. The average molecular weight is 566 g/mol. The second-order valence-electron chi connectivity index (χ2n) is 11.3. The number of fused-ring (bicyclic) bond motifs is 4. The highest BCUT2D eigenvalue weighted by molar-refractivity contribution is 6.14. The molecule has 11 heteroatoms. The van der Waals surface area contributed by atoms with Gasteiger partial charge in [0.2, 0.25) is 5.78 Å². The van der Waals surface area contributed by atoms with Gasteiger partial charge < -0.3 is 29.7 Å². The number of allylic oxidation sites excluding steroid dienone is 1. The smallest absolute Gasteiger partial charge is 0.340 e. The number of ether oxygens (including phenoxy) is 3. The van der Waals surface area contributed by atoms with E-state index in [-0.39, 0.29) is 47.5 Å². The molecule has 1 aromatic rings. The van der Waals surface area contributed by atoms with Crippen LogP contribution in [-0.4, -0.2) is 65.6 Å². The maximum absolute atomic E-state index is 14.0. The Kier molecular flexibility index (Phi) is 6.89. The molecule has 0 unspecified atom stereocenters. The molecule has 0 aromatic heterocycles. The largest absolute Gasteiger partial charge is 0.504 e. The van der Waals surface area contributed by atoms with Gasteiger partial charge in [-0.25, -0.2) is 9.59 Å². The minimum Gasteiger partial charge on any atom is -0.504 e. The summed E-state index contributed by atoms with van der Waals surface area (Å²) in [7, 11) is 1.42. The highest BCUT2D eigenvalue weighted by Gasteiger charge is 2.64. The standard InChI is InChI=1S/C30H31NO10/c1-14(32)40-19-11-29(2)18(8-9-20(29)33)22-24(19)30(3)21(13-39-4)41-28(38)17(23(30)26(35)25(22)34)12-31-16-7-5-6-15(10-16)27(36)37/h5-7,10,12,18-19,21,31,35H,8-9,11,13H2,1-4H3,(H,36,37)/b17-12-/t18-,19+,21+,29-,30-/m0/s1. The number of nitrogens with one attached hydrogen (secondary N) is 1. The quantitative estimate of drug-likeness (QED) is 0.342. The van der Waals surface area contributed by atoms with Crippen LogP contribution in [0.3, 0.4) is 0 Å². The van der Waals surface area contributed by atoms with Gasteiger partial charge in [0.1, 0.15) is 18.0 Å². The van der Waals surface area contributed by atoms with E-state index in [1.54, 1.807) is 19.9 Å². The number of hydrogen-bond donors (Lipinski definition) is 3. The van der Waals surface area contributed by atoms with Crippen molar-refractivity contribution in [1.29, 1.82) is 0 Å². The van der Waals surface area contributed by atoms with E-state index in [1.165, 1.54) is 38.4 Å². The van der Waals surface area contributed by atoms with E-state index in [0.717, 1.165) is 0 Å². The lowest BCUT2D eigenvalue weighted by Gasteiger charge is -2.53. The average Bonchev–Trinajstić information content (AvgIpc) is 3.21. The fourth-order valence-corrected chi connectivity index (χ4v) is 6.99. The van der Waals surface area contributed by atoms with Crippen molar-refractivity contribution in [2.24, 2.45) is 16.7 Å². The van der Waals surface area contributed by atoms with Gasteiger partial charge in [-0.1, -0.05) is 13.0 Å². The Morgan fingerprint density at radius 3 is 2.61 bits per heavy atom. The molecular formula is C30H31NO10. The number of cyclic esters (lactones) is 1. The molecule has 4 aliphatic rings. The molecule has 0 radical (unpaired) electrons. The Balaban J connectivity index is 1.71. The number of carboxylic acids is 1. The van der Waals surface area contributed by atoms with Crippen molar-refractivity contribution in [3.05, 3.63) is 64.1 Å². The van der Waals surface area contributed by atoms with Crippen molar-refractivity contribution in [2.75, 3.05) is 19.0 Å². The zero-order chi connectivity index (χ0) is 29.9. The number of aliphatic hydroxyl groups is 1. The van der Waals surface area contributed by atoms with Gasteiger partial charge in [-0.2, -0.15) is 0 Å². The first-order chi connectivity index (χ1) is 19.3. The summed E-state index contributed by atoms with van der Waals surface area (Å²) in [4.78, 5) is 64.1. The van der Waals surface area contributed by atoms with Gasteiger partial charge in [-0.05, 0) is 37.1 Å². The lowest BCUT2D eigenvalue weighted by atomic mass is 9.53. The van der Waals surface area contributed by atoms with Gasteiger partial charge in [-0.15, -0.1) is 0 Å². The van der Waals surface area contributed by atoms with E-state index in [4.69, 9.17) is 14.2 Å². The molecule has 0 spiro atoms. The number of esters is 2. The number of carbonyl (C=O) groups excluding carboxylic acids is 4. The Hall–Kier alpha value is -4.25. The first-order valence-corrected chi connectivity index (χ1v) is 13.3. The summed E-state index contributed by atoms with van der Waals surface area (Å²) in [6.45, 7) is 4.60. The molecule has 11 nitrogen and oxygen atoms in total. The van der Waals surface area contributed by atoms with E-state index >= 15 is 0 Å². The van der Waals surface area contributed by atoms with Gasteiger partial charge in [0.05, 0.1) is 23.2 Å². The summed E-state index contributed by atoms with van der Waals surface area (Å²) in [5.41, 5.74) is -1.59. The number of methoxy groups -OCH3 is 1. The van der Waals surface area contributed by atoms with Crippen LogP contribution in [0.4, 0.5) is 5.69 Å². The Morgan fingerprint density at radius 1 is 1.22 bits per heavy atom. The third kappa shape index (κ3) is 4.26. The molecule has 216 valence electrons. The van der Waals surface area contributed by atoms with Gasteiger partial charge in [-0.3, -0.25) is 14.4 Å². The van der Waals surface area contributed by atoms with Crippen molar-refractivity contribution >= 4 is 35.2 Å². The number of benzene rings is 1. The van der Waals surface area contributed by atoms with Crippen LogP contribution < -0.4 is 5.32 Å². The highest BCUT2D eigenvalue weighted by atomic mass is 16.6. The number of aromatic carboxylic acids is 1. The molecular weight excluding hydrogens is 534 g/mol. The molecule has 5 atom stereocenters. The van der Waals surface area contributed by atoms with Gasteiger partial charge in [0.25, 0.3) is 0 Å². The van der Waals surface area contributed by atoms with Crippen LogP contribution in [-0.2, 0) is 33.4 Å². The number of carbonyl (C=O) groups is 5. The van der Waals surface area contributed by atoms with E-state index in [2.05, 4.69) is 5.32 Å². The van der Waals surface area contributed by atoms with Crippen LogP contribution in [0, 0.1) is 16.7 Å². The van der Waals surface area contributed by atoms with Crippen molar-refractivity contribution in [3.63, 3.8) is 0 Å². The Bertz CT molecular complexity index is 1490. The number of ketones is 2. The van der Waals surface area contributed by atoms with Crippen LogP contribution in [0.5, 0.6) is 0 Å². The van der Waals surface area contributed by atoms with Gasteiger partial charge in [0.15, 0.2) is 5.76 Å². The maximum atomic E-state index is 14.0. The van der Waals surface area contributed by atoms with E-state index in [1.807, 2.05) is 0 Å². The molecule has 1 heterocycles. The van der Waals surface area contributed by atoms with Crippen molar-refractivity contribution < 1.29 is 48.4 Å². The molecule has 2 fully saturated rings. The monoisotopic (exact) mass is 565 g/mol. The molecule has 5 rings (SSSR count). The van der Waals surface area contributed by atoms with E-state index < -0.39 is 58.4 Å². The molecule has 1 aromatic carbocycles. The zero-order valence-corrected chi connectivity index (χ0v) is 23.1. The SMILES string of the molecule is COC[C@H]1OC(=O)/C(=C\Nc2cccc(C(=O)O)c2)C2=C(O)C(=O)C3=C([C@H](OC(C)=O)C[C@]4(C)C(=O)CC[C@@H]34)[C@]21C. The summed E-state index contributed by atoms with van der Waals surface area (Å²) in [6.07, 6.45) is 0.0143. The topological polar surface area (TPSA) is 166 Å². The zero-order valence-electron chi connectivity index (χ0n) is 23.1. The lowest BCUT2D eigenvalue weighted by molar-refractivity contribution is -0.160. The van der Waals surface area contributed by atoms with Crippen molar-refractivity contribution in [2.45, 2.75) is 52.2 Å². The first-order valence-electron chi connectivity index (χ1n) is 13.3. The van der Waals surface area contributed by atoms with Gasteiger partial charge >= 0.3 is 17.9 Å². The minimum atomic E-state index is -1.37. The first kappa shape index (κ1) is 28.3. The lowest BCUT2D eigenvalue weighted by Crippen LogP contribution is -2.57. The minimum absolute atomic E-state index is 0.00918. The van der Waals surface area contributed by atoms with Crippen molar-refractivity contribution in [3.8, 4) is 0 Å². The number of hydrogen-bond acceptors (Lipinski definition) is 10. The molecule has 0 amide bonds. The fourth-order valence-electron chi connectivity index (χ4n) is 6.99. The Labute approximate surface area is 235 Å². The van der Waals surface area contributed by atoms with Crippen LogP contribution in [0.15, 0.2) is 58.5 Å².